The van der Waals surface area contributed by atoms with Crippen LogP contribution in [0.15, 0.2) is 35.6 Å². The summed E-state index contributed by atoms with van der Waals surface area (Å²) in [5.41, 5.74) is 1.08. The van der Waals surface area contributed by atoms with Gasteiger partial charge in [-0.1, -0.05) is 6.07 Å². The standard InChI is InChI=1S/C12H16N4O3S/c1-16(7-5-11-4-2-3-6-13-11)20(18,19)12-10(9-17)8-14-15-12/h2-4,6,8,17H,5,7,9H2,1H3,(H,14,15). The van der Waals surface area contributed by atoms with Crippen molar-refractivity contribution in [2.45, 2.75) is 18.1 Å². The van der Waals surface area contributed by atoms with Crippen molar-refractivity contribution in [1.29, 1.82) is 0 Å². The average molecular weight is 296 g/mol. The van der Waals surface area contributed by atoms with Crippen LogP contribution in [0, 0.1) is 0 Å². The number of H-pyrrole nitrogens is 1. The summed E-state index contributed by atoms with van der Waals surface area (Å²) in [5.74, 6) is 0. The molecule has 0 amide bonds. The molecule has 108 valence electrons. The first-order valence-corrected chi connectivity index (χ1v) is 7.49. The van der Waals surface area contributed by atoms with E-state index in [2.05, 4.69) is 15.2 Å². The third-order valence-electron chi connectivity index (χ3n) is 2.93. The highest BCUT2D eigenvalue weighted by atomic mass is 32.2. The van der Waals surface area contributed by atoms with Gasteiger partial charge in [-0.2, -0.15) is 9.40 Å². The Morgan fingerprint density at radius 3 is 2.85 bits per heavy atom. The molecule has 0 atom stereocenters. The molecule has 0 aliphatic carbocycles. The van der Waals surface area contributed by atoms with Gasteiger partial charge in [0.15, 0.2) is 5.03 Å². The maximum absolute atomic E-state index is 12.3. The first-order chi connectivity index (χ1) is 9.55. The lowest BCUT2D eigenvalue weighted by Crippen LogP contribution is -2.30. The van der Waals surface area contributed by atoms with Crippen LogP contribution in [0.4, 0.5) is 0 Å². The summed E-state index contributed by atoms with van der Waals surface area (Å²) in [5, 5.41) is 15.1. The molecular weight excluding hydrogens is 280 g/mol. The minimum absolute atomic E-state index is 0.0662. The van der Waals surface area contributed by atoms with Crippen molar-refractivity contribution in [3.8, 4) is 0 Å². The molecule has 7 nitrogen and oxygen atoms in total. The van der Waals surface area contributed by atoms with Gasteiger partial charge in [-0.25, -0.2) is 8.42 Å². The van der Waals surface area contributed by atoms with Crippen molar-refractivity contribution in [3.63, 3.8) is 0 Å². The summed E-state index contributed by atoms with van der Waals surface area (Å²) in [6, 6.07) is 5.51. The molecular formula is C12H16N4O3S. The van der Waals surface area contributed by atoms with Crippen molar-refractivity contribution >= 4 is 10.0 Å². The average Bonchev–Trinajstić information content (AvgIpc) is 2.95. The normalized spacial score (nSPS) is 11.9. The van der Waals surface area contributed by atoms with E-state index in [1.165, 1.54) is 17.5 Å². The number of aliphatic hydroxyl groups is 1. The molecule has 0 radical (unpaired) electrons. The van der Waals surface area contributed by atoms with Gasteiger partial charge in [0, 0.05) is 37.5 Å². The molecule has 20 heavy (non-hydrogen) atoms. The zero-order valence-corrected chi connectivity index (χ0v) is 11.8. The Hall–Kier alpha value is -1.77. The summed E-state index contributed by atoms with van der Waals surface area (Å²) in [6.07, 6.45) is 3.49. The summed E-state index contributed by atoms with van der Waals surface area (Å²) >= 11 is 0. The minimum atomic E-state index is -3.68. The molecule has 0 fully saturated rings. The smallest absolute Gasteiger partial charge is 0.260 e. The van der Waals surface area contributed by atoms with Crippen LogP contribution in [0.5, 0.6) is 0 Å². The van der Waals surface area contributed by atoms with E-state index in [0.29, 0.717) is 13.0 Å². The van der Waals surface area contributed by atoms with Crippen LogP contribution in [0.2, 0.25) is 0 Å². The number of aromatic nitrogens is 3. The van der Waals surface area contributed by atoms with E-state index in [-0.39, 0.29) is 17.2 Å². The van der Waals surface area contributed by atoms with Gasteiger partial charge in [-0.3, -0.25) is 10.1 Å². The van der Waals surface area contributed by atoms with Crippen molar-refractivity contribution in [3.05, 3.63) is 41.9 Å². The molecule has 0 saturated carbocycles. The molecule has 2 rings (SSSR count). The van der Waals surface area contributed by atoms with E-state index < -0.39 is 10.0 Å². The van der Waals surface area contributed by atoms with E-state index in [0.717, 1.165) is 5.69 Å². The van der Waals surface area contributed by atoms with Gasteiger partial charge < -0.3 is 5.11 Å². The summed E-state index contributed by atoms with van der Waals surface area (Å²) in [7, 11) is -2.19. The van der Waals surface area contributed by atoms with Crippen molar-refractivity contribution < 1.29 is 13.5 Å². The molecule has 2 aromatic heterocycles. The molecule has 0 aromatic carbocycles. The highest BCUT2D eigenvalue weighted by molar-refractivity contribution is 7.89. The summed E-state index contributed by atoms with van der Waals surface area (Å²) < 4.78 is 25.9. The van der Waals surface area contributed by atoms with Crippen LogP contribution in [0.25, 0.3) is 0 Å². The lowest BCUT2D eigenvalue weighted by molar-refractivity contribution is 0.278. The predicted octanol–water partition coefficient (Wildman–Crippen LogP) is 0.160. The monoisotopic (exact) mass is 296 g/mol. The lowest BCUT2D eigenvalue weighted by Gasteiger charge is -2.16. The Morgan fingerprint density at radius 2 is 2.20 bits per heavy atom. The predicted molar refractivity (Wildman–Crippen MR) is 72.3 cm³/mol. The Bertz CT molecular complexity index is 654. The fourth-order valence-electron chi connectivity index (χ4n) is 1.73. The zero-order valence-electron chi connectivity index (χ0n) is 11.0. The number of pyridine rings is 1. The number of likely N-dealkylation sites (N-methyl/N-ethyl adjacent to an activating group) is 1. The van der Waals surface area contributed by atoms with Crippen LogP contribution >= 0.6 is 0 Å². The van der Waals surface area contributed by atoms with Gasteiger partial charge >= 0.3 is 0 Å². The number of aromatic amines is 1. The Balaban J connectivity index is 2.10. The second kappa shape index (κ2) is 6.12. The number of rotatable bonds is 6. The maximum Gasteiger partial charge on any atom is 0.260 e. The van der Waals surface area contributed by atoms with E-state index >= 15 is 0 Å². The number of hydrogen-bond acceptors (Lipinski definition) is 5. The third-order valence-corrected chi connectivity index (χ3v) is 4.80. The number of nitrogens with zero attached hydrogens (tertiary/aromatic N) is 3. The molecule has 0 bridgehead atoms. The maximum atomic E-state index is 12.3. The van der Waals surface area contributed by atoms with Gasteiger partial charge in [-0.15, -0.1) is 0 Å². The highest BCUT2D eigenvalue weighted by Gasteiger charge is 2.25. The van der Waals surface area contributed by atoms with Crippen LogP contribution in [-0.2, 0) is 23.1 Å². The fourth-order valence-corrected chi connectivity index (χ4v) is 2.99. The topological polar surface area (TPSA) is 99.2 Å². The SMILES string of the molecule is CN(CCc1ccccn1)S(=O)(=O)c1[nH]ncc1CO. The van der Waals surface area contributed by atoms with Crippen molar-refractivity contribution in [2.75, 3.05) is 13.6 Å². The van der Waals surface area contributed by atoms with Gasteiger partial charge in [-0.05, 0) is 12.1 Å². The molecule has 2 aromatic rings. The molecule has 2 N–H and O–H groups in total. The molecule has 0 aliphatic rings. The second-order valence-corrected chi connectivity index (χ2v) is 6.26. The first-order valence-electron chi connectivity index (χ1n) is 6.05. The number of aliphatic hydroxyl groups excluding tert-OH is 1. The Labute approximate surface area is 117 Å². The molecule has 0 aliphatic heterocycles. The summed E-state index contributed by atoms with van der Waals surface area (Å²) in [4.78, 5) is 4.15. The van der Waals surface area contributed by atoms with Crippen LogP contribution in [-0.4, -0.2) is 46.6 Å². The number of hydrogen-bond donors (Lipinski definition) is 2. The Morgan fingerprint density at radius 1 is 1.40 bits per heavy atom. The van der Waals surface area contributed by atoms with Crippen LogP contribution in [0.3, 0.4) is 0 Å². The fraction of sp³-hybridized carbons (Fsp3) is 0.333. The largest absolute Gasteiger partial charge is 0.392 e. The highest BCUT2D eigenvalue weighted by Crippen LogP contribution is 2.16. The molecule has 0 unspecified atom stereocenters. The van der Waals surface area contributed by atoms with E-state index in [1.54, 1.807) is 6.20 Å². The van der Waals surface area contributed by atoms with E-state index in [1.807, 2.05) is 18.2 Å². The van der Waals surface area contributed by atoms with Gasteiger partial charge in [0.05, 0.1) is 12.8 Å². The molecule has 8 heteroatoms. The number of nitrogens with one attached hydrogen (secondary N) is 1. The minimum Gasteiger partial charge on any atom is -0.392 e. The van der Waals surface area contributed by atoms with Crippen LogP contribution < -0.4 is 0 Å². The quantitative estimate of drug-likeness (QED) is 0.791. The molecule has 0 saturated heterocycles. The van der Waals surface area contributed by atoms with E-state index in [4.69, 9.17) is 5.11 Å². The first kappa shape index (κ1) is 14.6. The van der Waals surface area contributed by atoms with Crippen LogP contribution in [0.1, 0.15) is 11.3 Å². The van der Waals surface area contributed by atoms with Crippen molar-refractivity contribution in [1.82, 2.24) is 19.5 Å². The zero-order chi connectivity index (χ0) is 14.6. The number of sulfonamides is 1. The summed E-state index contributed by atoms with van der Waals surface area (Å²) in [6.45, 7) is -0.0810. The van der Waals surface area contributed by atoms with Gasteiger partial charge in [0.1, 0.15) is 0 Å². The second-order valence-electron chi connectivity index (χ2n) is 4.28. The van der Waals surface area contributed by atoms with Gasteiger partial charge in [0.2, 0.25) is 0 Å². The molecule has 0 spiro atoms. The molecule has 2 heterocycles. The van der Waals surface area contributed by atoms with E-state index in [9.17, 15) is 8.42 Å². The lowest BCUT2D eigenvalue weighted by atomic mass is 10.3. The third kappa shape index (κ3) is 3.03. The Kier molecular flexibility index (Phi) is 4.48. The van der Waals surface area contributed by atoms with Crippen molar-refractivity contribution in [2.24, 2.45) is 0 Å². The van der Waals surface area contributed by atoms with Gasteiger partial charge in [0.25, 0.3) is 10.0 Å².